The zero-order valence-corrected chi connectivity index (χ0v) is 29.9. The van der Waals surface area contributed by atoms with Crippen molar-refractivity contribution in [2.45, 2.75) is 132 Å². The average molecular weight is 667 g/mol. The van der Waals surface area contributed by atoms with Crippen LogP contribution in [-0.2, 0) is 10.9 Å². The molecule has 6 nitrogen and oxygen atoms in total. The van der Waals surface area contributed by atoms with E-state index in [1.165, 1.54) is 86.8 Å². The van der Waals surface area contributed by atoms with E-state index in [2.05, 4.69) is 93.6 Å². The molecule has 0 saturated carbocycles. The number of hydrogen-bond acceptors (Lipinski definition) is 5. The molecule has 3 rings (SSSR count). The summed E-state index contributed by atoms with van der Waals surface area (Å²) in [4.78, 5) is 12.1. The molecule has 0 bridgehead atoms. The Bertz CT molecular complexity index is 1120. The second kappa shape index (κ2) is 25.7. The molecule has 0 unspecified atom stereocenters. The van der Waals surface area contributed by atoms with Gasteiger partial charge in [-0.1, -0.05) is 134 Å². The van der Waals surface area contributed by atoms with Gasteiger partial charge in [-0.2, -0.15) is 0 Å². The third-order valence-corrected chi connectivity index (χ3v) is 9.98. The van der Waals surface area contributed by atoms with Crippen LogP contribution in [0.1, 0.15) is 117 Å². The molecule has 0 spiro atoms. The van der Waals surface area contributed by atoms with E-state index in [0.29, 0.717) is 13.2 Å². The molecular weight excluding hydrogens is 609 g/mol. The molecule has 3 aromatic carbocycles. The van der Waals surface area contributed by atoms with Gasteiger partial charge >= 0.3 is 0 Å². The number of carboxylic acid groups (broad SMARTS) is 2. The summed E-state index contributed by atoms with van der Waals surface area (Å²) in [6, 6.07) is 25.9. The van der Waals surface area contributed by atoms with Crippen molar-refractivity contribution in [1.82, 2.24) is 0 Å². The monoisotopic (exact) mass is 666 g/mol. The summed E-state index contributed by atoms with van der Waals surface area (Å²) in [6.45, 7) is 8.91. The zero-order valence-electron chi connectivity index (χ0n) is 29.1. The van der Waals surface area contributed by atoms with Gasteiger partial charge < -0.3 is 29.2 Å². The van der Waals surface area contributed by atoms with Crippen LogP contribution >= 0.6 is 0 Å². The van der Waals surface area contributed by atoms with Gasteiger partial charge in [0, 0.05) is 12.1 Å². The van der Waals surface area contributed by atoms with Crippen LogP contribution in [0.3, 0.4) is 0 Å². The Morgan fingerprint density at radius 1 is 0.574 bits per heavy atom. The first kappa shape index (κ1) is 39.9. The summed E-state index contributed by atoms with van der Waals surface area (Å²) in [5.74, 6) is 2.65. The Balaban J connectivity index is 0.00000181. The third-order valence-electron chi connectivity index (χ3n) is 7.68. The van der Waals surface area contributed by atoms with E-state index < -0.39 is 6.16 Å². The van der Waals surface area contributed by atoms with Gasteiger partial charge in [0.1, 0.15) is 16.6 Å². The van der Waals surface area contributed by atoms with Crippen LogP contribution in [0.4, 0.5) is 4.79 Å². The van der Waals surface area contributed by atoms with E-state index in [4.69, 9.17) is 29.2 Å². The minimum Gasteiger partial charge on any atom is -0.565 e. The summed E-state index contributed by atoms with van der Waals surface area (Å²) >= 11 is 0. The highest BCUT2D eigenvalue weighted by Gasteiger charge is 2.37. The van der Waals surface area contributed by atoms with Gasteiger partial charge in [0.05, 0.1) is 19.8 Å². The Morgan fingerprint density at radius 3 is 1.28 bits per heavy atom. The fourth-order valence-corrected chi connectivity index (χ4v) is 7.45. The lowest BCUT2D eigenvalue weighted by Gasteiger charge is -2.19. The SMILES string of the molecule is CCCCCCCOc1cc(OCCCCCCC)c([S+](c2ccccc2)c2ccccc2)c(OCCCCCCC)c1.O=C([O-])O. The highest BCUT2D eigenvalue weighted by molar-refractivity contribution is 7.97. The number of carbonyl (C=O) groups is 1. The zero-order chi connectivity index (χ0) is 34.0. The molecule has 7 heteroatoms. The molecule has 0 radical (unpaired) electrons. The van der Waals surface area contributed by atoms with Gasteiger partial charge in [0.25, 0.3) is 0 Å². The molecule has 0 atom stereocenters. The highest BCUT2D eigenvalue weighted by Crippen LogP contribution is 2.45. The van der Waals surface area contributed by atoms with Gasteiger partial charge in [-0.3, -0.25) is 0 Å². The van der Waals surface area contributed by atoms with Gasteiger partial charge in [-0.15, -0.1) is 0 Å². The van der Waals surface area contributed by atoms with Crippen LogP contribution in [0.25, 0.3) is 0 Å². The van der Waals surface area contributed by atoms with Crippen molar-refractivity contribution in [1.29, 1.82) is 0 Å². The van der Waals surface area contributed by atoms with Crippen LogP contribution in [0.15, 0.2) is 87.5 Å². The van der Waals surface area contributed by atoms with Crippen LogP contribution < -0.4 is 19.3 Å². The van der Waals surface area contributed by atoms with Crippen molar-refractivity contribution >= 4 is 17.1 Å². The minimum atomic E-state index is -2.08. The van der Waals surface area contributed by atoms with E-state index in [1.807, 2.05) is 0 Å². The number of benzene rings is 3. The van der Waals surface area contributed by atoms with E-state index in [1.54, 1.807) is 0 Å². The fourth-order valence-electron chi connectivity index (χ4n) is 5.21. The summed E-state index contributed by atoms with van der Waals surface area (Å²) in [5, 5.41) is 15.3. The van der Waals surface area contributed by atoms with E-state index >= 15 is 0 Å². The Morgan fingerprint density at radius 2 is 0.915 bits per heavy atom. The summed E-state index contributed by atoms with van der Waals surface area (Å²) < 4.78 is 19.8. The van der Waals surface area contributed by atoms with Crippen molar-refractivity contribution < 1.29 is 29.2 Å². The Kier molecular flexibility index (Phi) is 21.8. The number of ether oxygens (including phenoxy) is 3. The number of unbranched alkanes of at least 4 members (excludes halogenated alkanes) is 12. The molecule has 0 aliphatic heterocycles. The number of rotatable bonds is 24. The number of hydrogen-bond donors (Lipinski definition) is 1. The quantitative estimate of drug-likeness (QED) is 0.0756. The van der Waals surface area contributed by atoms with Crippen molar-refractivity contribution in [2.24, 2.45) is 0 Å². The molecule has 0 heterocycles. The van der Waals surface area contributed by atoms with Crippen LogP contribution in [0.2, 0.25) is 0 Å². The Labute approximate surface area is 287 Å². The summed E-state index contributed by atoms with van der Waals surface area (Å²) in [5.41, 5.74) is 0. The van der Waals surface area contributed by atoms with E-state index in [-0.39, 0.29) is 10.9 Å². The second-order valence-electron chi connectivity index (χ2n) is 11.7. The van der Waals surface area contributed by atoms with Crippen molar-refractivity contribution in [3.05, 3.63) is 72.8 Å². The molecule has 0 fully saturated rings. The average Bonchev–Trinajstić information content (AvgIpc) is 3.07. The van der Waals surface area contributed by atoms with Crippen LogP contribution in [-0.4, -0.2) is 31.1 Å². The van der Waals surface area contributed by atoms with Crippen molar-refractivity contribution in [2.75, 3.05) is 19.8 Å². The van der Waals surface area contributed by atoms with Crippen LogP contribution in [0.5, 0.6) is 17.2 Å². The van der Waals surface area contributed by atoms with Gasteiger partial charge in [-0.05, 0) is 43.5 Å². The Hall–Kier alpha value is -3.32. The first-order valence-corrected chi connectivity index (χ1v) is 19.0. The van der Waals surface area contributed by atoms with Gasteiger partial charge in [0.2, 0.25) is 11.1 Å². The van der Waals surface area contributed by atoms with Crippen LogP contribution in [0, 0.1) is 0 Å². The van der Waals surface area contributed by atoms with E-state index in [0.717, 1.165) is 48.0 Å². The molecule has 0 aliphatic rings. The first-order valence-electron chi connectivity index (χ1n) is 17.8. The molecule has 260 valence electrons. The smallest absolute Gasteiger partial charge is 0.250 e. The van der Waals surface area contributed by atoms with Gasteiger partial charge in [0.15, 0.2) is 21.3 Å². The molecule has 3 aromatic rings. The molecule has 0 saturated heterocycles. The highest BCUT2D eigenvalue weighted by atomic mass is 32.2. The first-order chi connectivity index (χ1) is 23.0. The second-order valence-corrected chi connectivity index (χ2v) is 13.7. The molecule has 0 aromatic heterocycles. The largest absolute Gasteiger partial charge is 0.565 e. The lowest BCUT2D eigenvalue weighted by Crippen LogP contribution is -2.17. The third kappa shape index (κ3) is 16.9. The topological polar surface area (TPSA) is 88.1 Å². The van der Waals surface area contributed by atoms with Crippen molar-refractivity contribution in [3.63, 3.8) is 0 Å². The maximum atomic E-state index is 8.44. The van der Waals surface area contributed by atoms with Crippen molar-refractivity contribution in [3.8, 4) is 17.2 Å². The summed E-state index contributed by atoms with van der Waals surface area (Å²) in [7, 11) is -0.383. The van der Waals surface area contributed by atoms with E-state index in [9.17, 15) is 0 Å². The summed E-state index contributed by atoms with van der Waals surface area (Å²) in [6.07, 6.45) is 16.1. The molecule has 0 aliphatic carbocycles. The molecule has 47 heavy (non-hydrogen) atoms. The fraction of sp³-hybridized carbons (Fsp3) is 0.525. The normalized spacial score (nSPS) is 10.7. The predicted octanol–water partition coefficient (Wildman–Crippen LogP) is 10.7. The molecular formula is C40H58O6S. The predicted molar refractivity (Wildman–Crippen MR) is 192 cm³/mol. The lowest BCUT2D eigenvalue weighted by molar-refractivity contribution is -0.275. The van der Waals surface area contributed by atoms with Gasteiger partial charge in [-0.25, -0.2) is 0 Å². The maximum Gasteiger partial charge on any atom is 0.250 e. The lowest BCUT2D eigenvalue weighted by atomic mass is 10.2. The molecule has 0 amide bonds. The molecule has 1 N–H and O–H groups in total. The maximum absolute atomic E-state index is 8.44. The minimum absolute atomic E-state index is 0.383. The standard InChI is InChI=1S/C39H57O3S.CH2O3/c1-4-7-10-13-22-29-40-34-32-37(41-30-23-14-11-8-5-2)39(38(33-34)42-31-24-15-12-9-6-3)43(35-25-18-16-19-26-35)36-27-20-17-21-28-36;2-1(3)4/h16-21,25-28,32-33H,4-15,22-24,29-31H2,1-3H3;(H2,2,3,4)/q+1;/p-1.